The van der Waals surface area contributed by atoms with Crippen LogP contribution in [0, 0.1) is 13.8 Å². The van der Waals surface area contributed by atoms with Gasteiger partial charge in [-0.2, -0.15) is 13.2 Å². The fourth-order valence-corrected chi connectivity index (χ4v) is 2.01. The Kier molecular flexibility index (Phi) is 3.11. The molecular formula is C14H12F3N. The van der Waals surface area contributed by atoms with Crippen LogP contribution in [0.2, 0.25) is 0 Å². The number of hydrogen-bond donors (Lipinski definition) is 0. The summed E-state index contributed by atoms with van der Waals surface area (Å²) < 4.78 is 38.0. The van der Waals surface area contributed by atoms with E-state index in [1.54, 1.807) is 18.5 Å². The highest BCUT2D eigenvalue weighted by atomic mass is 19.4. The van der Waals surface area contributed by atoms with Crippen molar-refractivity contribution in [1.29, 1.82) is 0 Å². The van der Waals surface area contributed by atoms with Crippen LogP contribution in [0.1, 0.15) is 16.7 Å². The Hall–Kier alpha value is -1.84. The molecular weight excluding hydrogens is 239 g/mol. The standard InChI is InChI=1S/C14H12F3N/c1-9-7-18-8-10(2)13(9)11-4-3-5-12(6-11)14(15,16)17/h3-8H,1-2H3. The van der Waals surface area contributed by atoms with Gasteiger partial charge in [-0.1, -0.05) is 12.1 Å². The molecule has 18 heavy (non-hydrogen) atoms. The SMILES string of the molecule is Cc1cncc(C)c1-c1cccc(C(F)(F)F)c1. The number of nitrogens with zero attached hydrogens (tertiary/aromatic N) is 1. The van der Waals surface area contributed by atoms with Crippen molar-refractivity contribution in [2.24, 2.45) is 0 Å². The van der Waals surface area contributed by atoms with Gasteiger partial charge in [-0.05, 0) is 48.2 Å². The van der Waals surface area contributed by atoms with Gasteiger partial charge in [0.1, 0.15) is 0 Å². The quantitative estimate of drug-likeness (QED) is 0.732. The zero-order valence-corrected chi connectivity index (χ0v) is 10.0. The predicted octanol–water partition coefficient (Wildman–Crippen LogP) is 4.38. The molecule has 0 aliphatic heterocycles. The lowest BCUT2D eigenvalue weighted by Crippen LogP contribution is -2.04. The maximum absolute atomic E-state index is 12.7. The zero-order valence-electron chi connectivity index (χ0n) is 10.0. The van der Waals surface area contributed by atoms with E-state index in [1.165, 1.54) is 12.1 Å². The fourth-order valence-electron chi connectivity index (χ4n) is 2.01. The summed E-state index contributed by atoms with van der Waals surface area (Å²) >= 11 is 0. The fraction of sp³-hybridized carbons (Fsp3) is 0.214. The van der Waals surface area contributed by atoms with E-state index in [9.17, 15) is 13.2 Å². The molecule has 0 bridgehead atoms. The molecule has 1 aromatic heterocycles. The molecule has 0 spiro atoms. The molecule has 0 saturated carbocycles. The van der Waals surface area contributed by atoms with Crippen LogP contribution in [0.3, 0.4) is 0 Å². The molecule has 0 aliphatic rings. The van der Waals surface area contributed by atoms with Gasteiger partial charge in [0.15, 0.2) is 0 Å². The van der Waals surface area contributed by atoms with E-state index in [2.05, 4.69) is 4.98 Å². The molecule has 2 aromatic rings. The van der Waals surface area contributed by atoms with Gasteiger partial charge in [0.25, 0.3) is 0 Å². The highest BCUT2D eigenvalue weighted by molar-refractivity contribution is 5.70. The minimum absolute atomic E-state index is 0.572. The highest BCUT2D eigenvalue weighted by Crippen LogP contribution is 2.33. The number of halogens is 3. The Morgan fingerprint density at radius 2 is 1.61 bits per heavy atom. The first kappa shape index (κ1) is 12.6. The molecule has 1 aromatic carbocycles. The topological polar surface area (TPSA) is 12.9 Å². The van der Waals surface area contributed by atoms with E-state index in [0.29, 0.717) is 5.56 Å². The Bertz CT molecular complexity index is 553. The Morgan fingerprint density at radius 3 is 2.17 bits per heavy atom. The van der Waals surface area contributed by atoms with Crippen LogP contribution in [0.15, 0.2) is 36.7 Å². The summed E-state index contributed by atoms with van der Waals surface area (Å²) in [6, 6.07) is 5.37. The second kappa shape index (κ2) is 4.44. The van der Waals surface area contributed by atoms with Crippen LogP contribution in [0.5, 0.6) is 0 Å². The summed E-state index contributed by atoms with van der Waals surface area (Å²) in [5.74, 6) is 0. The van der Waals surface area contributed by atoms with Gasteiger partial charge in [0, 0.05) is 12.4 Å². The molecule has 94 valence electrons. The third-order valence-corrected chi connectivity index (χ3v) is 2.80. The van der Waals surface area contributed by atoms with E-state index < -0.39 is 11.7 Å². The van der Waals surface area contributed by atoms with Crippen molar-refractivity contribution in [3.63, 3.8) is 0 Å². The minimum Gasteiger partial charge on any atom is -0.264 e. The predicted molar refractivity (Wildman–Crippen MR) is 64.1 cm³/mol. The van der Waals surface area contributed by atoms with Crippen LogP contribution < -0.4 is 0 Å². The van der Waals surface area contributed by atoms with Crippen molar-refractivity contribution in [3.05, 3.63) is 53.3 Å². The van der Waals surface area contributed by atoms with Crippen molar-refractivity contribution >= 4 is 0 Å². The summed E-state index contributed by atoms with van der Waals surface area (Å²) in [6.45, 7) is 3.69. The Morgan fingerprint density at radius 1 is 1.00 bits per heavy atom. The van der Waals surface area contributed by atoms with Crippen LogP contribution >= 0.6 is 0 Å². The molecule has 0 atom stereocenters. The minimum atomic E-state index is -4.31. The third kappa shape index (κ3) is 2.37. The molecule has 0 amide bonds. The number of alkyl halides is 3. The smallest absolute Gasteiger partial charge is 0.264 e. The lowest BCUT2D eigenvalue weighted by Gasteiger charge is -2.12. The van der Waals surface area contributed by atoms with Gasteiger partial charge in [-0.25, -0.2) is 0 Å². The van der Waals surface area contributed by atoms with E-state index in [4.69, 9.17) is 0 Å². The van der Waals surface area contributed by atoms with Crippen LogP contribution in [0.25, 0.3) is 11.1 Å². The maximum Gasteiger partial charge on any atom is 0.416 e. The average Bonchev–Trinajstić information content (AvgIpc) is 2.28. The Labute approximate surface area is 103 Å². The number of pyridine rings is 1. The lowest BCUT2D eigenvalue weighted by molar-refractivity contribution is -0.137. The van der Waals surface area contributed by atoms with Crippen LogP contribution in [-0.4, -0.2) is 4.98 Å². The average molecular weight is 251 g/mol. The van der Waals surface area contributed by atoms with Gasteiger partial charge >= 0.3 is 6.18 Å². The van der Waals surface area contributed by atoms with Crippen molar-refractivity contribution < 1.29 is 13.2 Å². The van der Waals surface area contributed by atoms with Gasteiger partial charge in [-0.15, -0.1) is 0 Å². The summed E-state index contributed by atoms with van der Waals surface area (Å²) in [5.41, 5.74) is 2.50. The molecule has 1 heterocycles. The molecule has 1 nitrogen and oxygen atoms in total. The summed E-state index contributed by atoms with van der Waals surface area (Å²) in [7, 11) is 0. The molecule has 0 aliphatic carbocycles. The maximum atomic E-state index is 12.7. The van der Waals surface area contributed by atoms with Crippen molar-refractivity contribution in [3.8, 4) is 11.1 Å². The Balaban J connectivity index is 2.59. The lowest BCUT2D eigenvalue weighted by atomic mass is 9.97. The molecule has 2 rings (SSSR count). The van der Waals surface area contributed by atoms with Gasteiger partial charge in [-0.3, -0.25) is 4.98 Å². The zero-order chi connectivity index (χ0) is 13.3. The van der Waals surface area contributed by atoms with E-state index in [0.717, 1.165) is 22.8 Å². The van der Waals surface area contributed by atoms with Crippen molar-refractivity contribution in [2.45, 2.75) is 20.0 Å². The molecule has 0 radical (unpaired) electrons. The second-order valence-electron chi connectivity index (χ2n) is 4.23. The number of benzene rings is 1. The van der Waals surface area contributed by atoms with Crippen LogP contribution in [-0.2, 0) is 6.18 Å². The molecule has 0 saturated heterocycles. The van der Waals surface area contributed by atoms with Crippen molar-refractivity contribution in [1.82, 2.24) is 4.98 Å². The number of hydrogen-bond acceptors (Lipinski definition) is 1. The number of aromatic nitrogens is 1. The largest absolute Gasteiger partial charge is 0.416 e. The first-order valence-electron chi connectivity index (χ1n) is 5.48. The normalized spacial score (nSPS) is 11.6. The molecule has 0 fully saturated rings. The van der Waals surface area contributed by atoms with E-state index in [1.807, 2.05) is 13.8 Å². The molecule has 0 unspecified atom stereocenters. The first-order chi connectivity index (χ1) is 8.39. The van der Waals surface area contributed by atoms with Crippen molar-refractivity contribution in [2.75, 3.05) is 0 Å². The highest BCUT2D eigenvalue weighted by Gasteiger charge is 2.30. The monoisotopic (exact) mass is 251 g/mol. The summed E-state index contributed by atoms with van der Waals surface area (Å²) in [4.78, 5) is 4.02. The summed E-state index contributed by atoms with van der Waals surface area (Å²) in [6.07, 6.45) is -1.00. The molecule has 0 N–H and O–H groups in total. The number of rotatable bonds is 1. The first-order valence-corrected chi connectivity index (χ1v) is 5.48. The van der Waals surface area contributed by atoms with Gasteiger partial charge < -0.3 is 0 Å². The van der Waals surface area contributed by atoms with E-state index >= 15 is 0 Å². The van der Waals surface area contributed by atoms with E-state index in [-0.39, 0.29) is 0 Å². The van der Waals surface area contributed by atoms with Gasteiger partial charge in [0.2, 0.25) is 0 Å². The van der Waals surface area contributed by atoms with Gasteiger partial charge in [0.05, 0.1) is 5.56 Å². The number of aryl methyl sites for hydroxylation is 2. The summed E-state index contributed by atoms with van der Waals surface area (Å²) in [5, 5.41) is 0. The van der Waals surface area contributed by atoms with Crippen LogP contribution in [0.4, 0.5) is 13.2 Å². The third-order valence-electron chi connectivity index (χ3n) is 2.80. The second-order valence-corrected chi connectivity index (χ2v) is 4.23. The molecule has 4 heteroatoms.